The van der Waals surface area contributed by atoms with E-state index in [4.69, 9.17) is 16.2 Å². The molecular formula is C22H20F3N5O6. The Labute approximate surface area is 201 Å². The Morgan fingerprint density at radius 1 is 1.25 bits per heavy atom. The van der Waals surface area contributed by atoms with E-state index in [0.717, 1.165) is 34.2 Å². The molecule has 2 heterocycles. The van der Waals surface area contributed by atoms with Gasteiger partial charge in [0.15, 0.2) is 12.2 Å². The predicted octanol–water partition coefficient (Wildman–Crippen LogP) is 0.634. The number of fused-ring (bicyclic) bond motifs is 1. The number of nitrogens with two attached hydrogens (primary N) is 2. The molecule has 6 N–H and O–H groups in total. The molecule has 0 aromatic heterocycles. The van der Waals surface area contributed by atoms with Gasteiger partial charge in [-0.25, -0.2) is 0 Å². The molecule has 1 saturated heterocycles. The van der Waals surface area contributed by atoms with E-state index < -0.39 is 47.6 Å². The molecule has 190 valence electrons. The van der Waals surface area contributed by atoms with Crippen molar-refractivity contribution < 1.29 is 42.1 Å². The van der Waals surface area contributed by atoms with Crippen molar-refractivity contribution in [2.24, 2.45) is 16.5 Å². The number of carbonyl (C=O) groups is 3. The van der Waals surface area contributed by atoms with E-state index in [1.807, 2.05) is 0 Å². The van der Waals surface area contributed by atoms with Crippen molar-refractivity contribution >= 4 is 34.9 Å². The van der Waals surface area contributed by atoms with Gasteiger partial charge in [-0.1, -0.05) is 0 Å². The number of nitrogens with zero attached hydrogens (tertiary/aromatic N) is 2. The molecule has 0 spiro atoms. The van der Waals surface area contributed by atoms with Crippen LogP contribution < -0.4 is 26.4 Å². The van der Waals surface area contributed by atoms with Gasteiger partial charge < -0.3 is 36.3 Å². The van der Waals surface area contributed by atoms with Gasteiger partial charge in [-0.2, -0.15) is 0 Å². The third kappa shape index (κ3) is 5.08. The van der Waals surface area contributed by atoms with Gasteiger partial charge in [-0.15, -0.1) is 13.2 Å². The number of anilines is 2. The fourth-order valence-corrected chi connectivity index (χ4v) is 3.88. The molecule has 1 fully saturated rings. The summed E-state index contributed by atoms with van der Waals surface area (Å²) >= 11 is 0. The molecule has 2 aliphatic heterocycles. The van der Waals surface area contributed by atoms with Crippen molar-refractivity contribution in [1.82, 2.24) is 0 Å². The standard InChI is InChI=1S/C22H20F3N5O6/c23-22(24,25)36-12-2-4-15(14(8-12)19(27)32)30-5-6-35-17(21(30)34)16(31)20(33)29-11-1-3-13-10(7-11)9-28-18(13)26/h1-4,7-8,16-17,31H,5-6,9H2,(H2,26,28)(H2,27,32)(H,29,33)/t16-,17-/m1/s1. The summed E-state index contributed by atoms with van der Waals surface area (Å²) in [5, 5.41) is 13.0. The average Bonchev–Trinajstić information content (AvgIpc) is 3.17. The first-order valence-electron chi connectivity index (χ1n) is 10.5. The summed E-state index contributed by atoms with van der Waals surface area (Å²) in [4.78, 5) is 42.7. The summed E-state index contributed by atoms with van der Waals surface area (Å²) in [6.45, 7) is 0.0759. The largest absolute Gasteiger partial charge is 0.573 e. The van der Waals surface area contributed by atoms with E-state index in [-0.39, 0.29) is 18.8 Å². The van der Waals surface area contributed by atoms with Crippen molar-refractivity contribution in [1.29, 1.82) is 0 Å². The maximum Gasteiger partial charge on any atom is 0.573 e. The van der Waals surface area contributed by atoms with E-state index in [0.29, 0.717) is 18.1 Å². The smallest absolute Gasteiger partial charge is 0.406 e. The van der Waals surface area contributed by atoms with Crippen LogP contribution in [-0.4, -0.2) is 60.4 Å². The number of carbonyl (C=O) groups excluding carboxylic acids is 3. The molecule has 0 bridgehead atoms. The molecule has 2 aromatic rings. The second-order valence-electron chi connectivity index (χ2n) is 7.88. The monoisotopic (exact) mass is 507 g/mol. The minimum absolute atomic E-state index is 0.115. The Morgan fingerprint density at radius 3 is 2.69 bits per heavy atom. The summed E-state index contributed by atoms with van der Waals surface area (Å²) in [5.41, 5.74) is 12.3. The molecule has 4 rings (SSSR count). The van der Waals surface area contributed by atoms with Crippen LogP contribution in [0.4, 0.5) is 24.5 Å². The van der Waals surface area contributed by atoms with E-state index in [2.05, 4.69) is 15.0 Å². The van der Waals surface area contributed by atoms with Crippen LogP contribution in [0.3, 0.4) is 0 Å². The number of rotatable bonds is 6. The highest BCUT2D eigenvalue weighted by molar-refractivity contribution is 6.08. The second kappa shape index (κ2) is 9.47. The van der Waals surface area contributed by atoms with E-state index >= 15 is 0 Å². The Kier molecular flexibility index (Phi) is 6.56. The number of benzene rings is 2. The third-order valence-corrected chi connectivity index (χ3v) is 5.50. The summed E-state index contributed by atoms with van der Waals surface area (Å²) in [5.74, 6) is -3.29. The van der Waals surface area contributed by atoms with Gasteiger partial charge in [0, 0.05) is 17.8 Å². The number of nitrogens with one attached hydrogen (secondary N) is 1. The molecule has 0 radical (unpaired) electrons. The molecule has 0 saturated carbocycles. The third-order valence-electron chi connectivity index (χ3n) is 5.50. The molecule has 11 nitrogen and oxygen atoms in total. The van der Waals surface area contributed by atoms with Crippen LogP contribution in [0.25, 0.3) is 0 Å². The van der Waals surface area contributed by atoms with Gasteiger partial charge in [-0.3, -0.25) is 19.4 Å². The van der Waals surface area contributed by atoms with Crippen LogP contribution in [0.2, 0.25) is 0 Å². The van der Waals surface area contributed by atoms with Crippen LogP contribution in [0.15, 0.2) is 41.4 Å². The number of amidine groups is 1. The van der Waals surface area contributed by atoms with Gasteiger partial charge in [0.2, 0.25) is 0 Å². The maximum atomic E-state index is 13.1. The summed E-state index contributed by atoms with van der Waals surface area (Å²) < 4.78 is 46.8. The number of alkyl halides is 3. The zero-order valence-corrected chi connectivity index (χ0v) is 18.4. The Balaban J connectivity index is 1.51. The number of morpholine rings is 1. The highest BCUT2D eigenvalue weighted by Crippen LogP contribution is 2.31. The highest BCUT2D eigenvalue weighted by atomic mass is 19.4. The number of aliphatic imine (C=N–C) groups is 1. The summed E-state index contributed by atoms with van der Waals surface area (Å²) in [6.07, 6.45) is -8.61. The summed E-state index contributed by atoms with van der Waals surface area (Å²) in [6, 6.07) is 7.54. The first-order valence-corrected chi connectivity index (χ1v) is 10.5. The zero-order valence-electron chi connectivity index (χ0n) is 18.4. The van der Waals surface area contributed by atoms with Gasteiger partial charge in [-0.05, 0) is 42.0 Å². The number of aliphatic hydroxyl groups is 1. The van der Waals surface area contributed by atoms with E-state index in [9.17, 15) is 32.7 Å². The molecule has 2 atom stereocenters. The number of ether oxygens (including phenoxy) is 2. The first kappa shape index (κ1) is 24.9. The minimum atomic E-state index is -5.01. The number of hydrogen-bond donors (Lipinski definition) is 4. The lowest BCUT2D eigenvalue weighted by molar-refractivity contribution is -0.274. The molecule has 3 amide bonds. The minimum Gasteiger partial charge on any atom is -0.406 e. The Bertz CT molecular complexity index is 1270. The lowest BCUT2D eigenvalue weighted by atomic mass is 10.1. The van der Waals surface area contributed by atoms with Crippen molar-refractivity contribution in [2.45, 2.75) is 25.1 Å². The zero-order chi connectivity index (χ0) is 26.2. The normalized spacial score (nSPS) is 18.3. The number of aliphatic hydroxyl groups excluding tert-OH is 1. The maximum absolute atomic E-state index is 13.1. The number of hydrogen-bond acceptors (Lipinski definition) is 8. The highest BCUT2D eigenvalue weighted by Gasteiger charge is 2.40. The number of primary amides is 1. The van der Waals surface area contributed by atoms with Crippen molar-refractivity contribution in [3.05, 3.63) is 53.1 Å². The van der Waals surface area contributed by atoms with Crippen molar-refractivity contribution in [2.75, 3.05) is 23.4 Å². The second-order valence-corrected chi connectivity index (χ2v) is 7.88. The number of amides is 3. The van der Waals surface area contributed by atoms with Crippen LogP contribution in [0.5, 0.6) is 5.75 Å². The van der Waals surface area contributed by atoms with Gasteiger partial charge in [0.25, 0.3) is 17.7 Å². The molecule has 0 aliphatic carbocycles. The lowest BCUT2D eigenvalue weighted by Crippen LogP contribution is -2.55. The van der Waals surface area contributed by atoms with E-state index in [1.165, 1.54) is 0 Å². The van der Waals surface area contributed by atoms with E-state index in [1.54, 1.807) is 18.2 Å². The van der Waals surface area contributed by atoms with Gasteiger partial charge in [0.05, 0.1) is 24.4 Å². The molecule has 0 unspecified atom stereocenters. The van der Waals surface area contributed by atoms with Crippen molar-refractivity contribution in [3.8, 4) is 5.75 Å². The SMILES string of the molecule is NC(=O)c1cc(OC(F)(F)F)ccc1N1CCO[C@H]([C@@H](O)C(=O)Nc2ccc3c(c2)CN=C3N)C1=O. The first-order chi connectivity index (χ1) is 16.9. The van der Waals surface area contributed by atoms with Crippen LogP contribution in [-0.2, 0) is 20.9 Å². The van der Waals surface area contributed by atoms with Crippen LogP contribution in [0.1, 0.15) is 21.5 Å². The van der Waals surface area contributed by atoms with Crippen LogP contribution in [0, 0.1) is 0 Å². The molecule has 2 aliphatic rings. The van der Waals surface area contributed by atoms with Gasteiger partial charge in [0.1, 0.15) is 11.6 Å². The molecular weight excluding hydrogens is 487 g/mol. The summed E-state index contributed by atoms with van der Waals surface area (Å²) in [7, 11) is 0. The van der Waals surface area contributed by atoms with Crippen molar-refractivity contribution in [3.63, 3.8) is 0 Å². The molecule has 2 aromatic carbocycles. The van der Waals surface area contributed by atoms with Gasteiger partial charge >= 0.3 is 6.36 Å². The fourth-order valence-electron chi connectivity index (χ4n) is 3.88. The Morgan fingerprint density at radius 2 is 2.00 bits per heavy atom. The van der Waals surface area contributed by atoms with Crippen LogP contribution >= 0.6 is 0 Å². The Hall–Kier alpha value is -4.17. The average molecular weight is 507 g/mol. The molecule has 14 heteroatoms. The number of halogens is 3. The quantitative estimate of drug-likeness (QED) is 0.444. The molecule has 36 heavy (non-hydrogen) atoms. The predicted molar refractivity (Wildman–Crippen MR) is 119 cm³/mol. The fraction of sp³-hybridized carbons (Fsp3) is 0.273. The lowest BCUT2D eigenvalue weighted by Gasteiger charge is -2.34. The topological polar surface area (TPSA) is 170 Å².